The van der Waals surface area contributed by atoms with Crippen LogP contribution in [0.1, 0.15) is 49.9 Å². The number of aromatic amines is 1. The predicted molar refractivity (Wildman–Crippen MR) is 113 cm³/mol. The van der Waals surface area contributed by atoms with Crippen molar-refractivity contribution in [3.8, 4) is 11.3 Å². The number of nitrogens with zero attached hydrogens (tertiary/aromatic N) is 1. The molecule has 0 saturated carbocycles. The van der Waals surface area contributed by atoms with Crippen LogP contribution in [0.4, 0.5) is 9.39 Å². The number of hydrogen-bond acceptors (Lipinski definition) is 7. The zero-order valence-electron chi connectivity index (χ0n) is 17.1. The number of nitrogens with one attached hydrogen (secondary N) is 2. The van der Waals surface area contributed by atoms with Crippen molar-refractivity contribution in [1.82, 2.24) is 10.2 Å². The molecule has 0 atom stereocenters. The third kappa shape index (κ3) is 4.80. The third-order valence-electron chi connectivity index (χ3n) is 4.28. The zero-order valence-corrected chi connectivity index (χ0v) is 17.9. The lowest BCUT2D eigenvalue weighted by Crippen LogP contribution is -2.15. The molecule has 0 fully saturated rings. The number of carbonyl (C=O) groups excluding carboxylic acids is 3. The van der Waals surface area contributed by atoms with Crippen LogP contribution in [0.15, 0.2) is 30.3 Å². The van der Waals surface area contributed by atoms with E-state index in [2.05, 4.69) is 15.5 Å². The van der Waals surface area contributed by atoms with Gasteiger partial charge in [-0.1, -0.05) is 0 Å². The Balaban J connectivity index is 1.89. The Hall–Kier alpha value is -3.53. The van der Waals surface area contributed by atoms with E-state index in [1.165, 1.54) is 18.2 Å². The molecular weight excluding hydrogens is 425 g/mol. The highest BCUT2D eigenvalue weighted by molar-refractivity contribution is 7.18. The number of anilines is 1. The molecule has 0 radical (unpaired) electrons. The maximum Gasteiger partial charge on any atom is 0.348 e. The van der Waals surface area contributed by atoms with Gasteiger partial charge >= 0.3 is 11.9 Å². The van der Waals surface area contributed by atoms with Gasteiger partial charge in [-0.2, -0.15) is 5.10 Å². The molecule has 0 aliphatic rings. The van der Waals surface area contributed by atoms with Gasteiger partial charge in [0.25, 0.3) is 5.91 Å². The number of hydrogen-bond donors (Lipinski definition) is 2. The highest BCUT2D eigenvalue weighted by atomic mass is 32.1. The Kier molecular flexibility index (Phi) is 6.81. The number of carbonyl (C=O) groups is 3. The van der Waals surface area contributed by atoms with Gasteiger partial charge in [-0.3, -0.25) is 9.89 Å². The molecule has 1 aromatic carbocycles. The number of esters is 2. The molecule has 3 aromatic rings. The lowest BCUT2D eigenvalue weighted by Gasteiger charge is -2.06. The third-order valence-corrected chi connectivity index (χ3v) is 5.46. The minimum absolute atomic E-state index is 0.0986. The van der Waals surface area contributed by atoms with Crippen molar-refractivity contribution in [3.63, 3.8) is 0 Å². The summed E-state index contributed by atoms with van der Waals surface area (Å²) in [5.41, 5.74) is 1.67. The fourth-order valence-electron chi connectivity index (χ4n) is 2.82. The summed E-state index contributed by atoms with van der Waals surface area (Å²) in [5.74, 6) is -2.19. The minimum atomic E-state index is -0.654. The Morgan fingerprint density at radius 2 is 1.74 bits per heavy atom. The summed E-state index contributed by atoms with van der Waals surface area (Å²) in [6.07, 6.45) is 0. The fraction of sp³-hybridized carbons (Fsp3) is 0.238. The number of amides is 1. The zero-order chi connectivity index (χ0) is 22.5. The predicted octanol–water partition coefficient (Wildman–Crippen LogP) is 4.19. The van der Waals surface area contributed by atoms with E-state index in [9.17, 15) is 18.8 Å². The van der Waals surface area contributed by atoms with Crippen LogP contribution in [0.25, 0.3) is 11.3 Å². The number of H-pyrrole nitrogens is 1. The standard InChI is InChI=1S/C21H20FN3O5S/c1-4-29-20(27)16-11(3)17(21(28)30-5-2)31-19(16)23-18(26)15-10-14(24-25-15)12-6-8-13(22)9-7-12/h6-10H,4-5H2,1-3H3,(H,23,26)(H,24,25). The summed E-state index contributed by atoms with van der Waals surface area (Å²) >= 11 is 0.933. The van der Waals surface area contributed by atoms with Gasteiger partial charge in [-0.05, 0) is 56.7 Å². The molecule has 0 aliphatic heterocycles. The van der Waals surface area contributed by atoms with Crippen molar-refractivity contribution >= 4 is 34.2 Å². The van der Waals surface area contributed by atoms with Gasteiger partial charge in [0.15, 0.2) is 0 Å². The minimum Gasteiger partial charge on any atom is -0.462 e. The van der Waals surface area contributed by atoms with E-state index in [4.69, 9.17) is 9.47 Å². The molecule has 8 nitrogen and oxygen atoms in total. The summed E-state index contributed by atoms with van der Waals surface area (Å²) < 4.78 is 23.2. The molecule has 1 amide bonds. The van der Waals surface area contributed by atoms with Crippen molar-refractivity contribution in [2.45, 2.75) is 20.8 Å². The highest BCUT2D eigenvalue weighted by Crippen LogP contribution is 2.34. The highest BCUT2D eigenvalue weighted by Gasteiger charge is 2.27. The molecule has 0 saturated heterocycles. The monoisotopic (exact) mass is 445 g/mol. The van der Waals surface area contributed by atoms with Crippen molar-refractivity contribution < 1.29 is 28.2 Å². The quantitative estimate of drug-likeness (QED) is 0.528. The number of thiophene rings is 1. The summed E-state index contributed by atoms with van der Waals surface area (Å²) in [6, 6.07) is 7.17. The fourth-order valence-corrected chi connectivity index (χ4v) is 3.90. The average molecular weight is 445 g/mol. The normalized spacial score (nSPS) is 10.6. The molecule has 3 rings (SSSR count). The molecule has 10 heteroatoms. The molecule has 31 heavy (non-hydrogen) atoms. The van der Waals surface area contributed by atoms with Crippen LogP contribution in [0.5, 0.6) is 0 Å². The van der Waals surface area contributed by atoms with Gasteiger partial charge in [0, 0.05) is 5.56 Å². The number of benzene rings is 1. The van der Waals surface area contributed by atoms with Crippen LogP contribution >= 0.6 is 11.3 Å². The Morgan fingerprint density at radius 3 is 2.39 bits per heavy atom. The van der Waals surface area contributed by atoms with Gasteiger partial charge in [0.2, 0.25) is 0 Å². The SMILES string of the molecule is CCOC(=O)c1sc(NC(=O)c2cc(-c3ccc(F)cc3)n[nH]2)c(C(=O)OCC)c1C. The second-order valence-corrected chi connectivity index (χ2v) is 7.35. The van der Waals surface area contributed by atoms with E-state index in [0.29, 0.717) is 16.8 Å². The van der Waals surface area contributed by atoms with Crippen LogP contribution in [0, 0.1) is 12.7 Å². The van der Waals surface area contributed by atoms with Gasteiger partial charge in [0.1, 0.15) is 21.4 Å². The van der Waals surface area contributed by atoms with Crippen molar-refractivity contribution in [2.24, 2.45) is 0 Å². The first-order chi connectivity index (χ1) is 14.8. The van der Waals surface area contributed by atoms with Gasteiger partial charge in [-0.25, -0.2) is 14.0 Å². The van der Waals surface area contributed by atoms with Gasteiger partial charge < -0.3 is 14.8 Å². The van der Waals surface area contributed by atoms with Crippen LogP contribution < -0.4 is 5.32 Å². The first-order valence-electron chi connectivity index (χ1n) is 9.46. The lowest BCUT2D eigenvalue weighted by atomic mass is 10.1. The molecule has 162 valence electrons. The van der Waals surface area contributed by atoms with E-state index in [-0.39, 0.29) is 40.2 Å². The second-order valence-electron chi connectivity index (χ2n) is 6.33. The van der Waals surface area contributed by atoms with Crippen molar-refractivity contribution in [1.29, 1.82) is 0 Å². The van der Waals surface area contributed by atoms with Gasteiger partial charge in [-0.15, -0.1) is 11.3 Å². The van der Waals surface area contributed by atoms with E-state index >= 15 is 0 Å². The number of aromatic nitrogens is 2. The summed E-state index contributed by atoms with van der Waals surface area (Å²) in [6.45, 7) is 5.23. The molecule has 2 heterocycles. The van der Waals surface area contributed by atoms with Crippen LogP contribution in [0.3, 0.4) is 0 Å². The van der Waals surface area contributed by atoms with E-state index in [0.717, 1.165) is 11.3 Å². The van der Waals surface area contributed by atoms with E-state index in [1.54, 1.807) is 32.9 Å². The second kappa shape index (κ2) is 9.52. The summed E-state index contributed by atoms with van der Waals surface area (Å²) in [4.78, 5) is 37.6. The first kappa shape index (κ1) is 22.2. The maximum atomic E-state index is 13.1. The van der Waals surface area contributed by atoms with Crippen molar-refractivity contribution in [2.75, 3.05) is 18.5 Å². The number of rotatable bonds is 7. The van der Waals surface area contributed by atoms with Crippen LogP contribution in [-0.2, 0) is 9.47 Å². The molecule has 2 N–H and O–H groups in total. The molecule has 0 spiro atoms. The molecule has 0 aliphatic carbocycles. The summed E-state index contributed by atoms with van der Waals surface area (Å²) in [5, 5.41) is 9.50. The summed E-state index contributed by atoms with van der Waals surface area (Å²) in [7, 11) is 0. The number of halogens is 1. The molecule has 0 unspecified atom stereocenters. The molecule has 2 aromatic heterocycles. The first-order valence-corrected chi connectivity index (χ1v) is 10.3. The van der Waals surface area contributed by atoms with Crippen molar-refractivity contribution in [3.05, 3.63) is 57.8 Å². The lowest BCUT2D eigenvalue weighted by molar-refractivity contribution is 0.0527. The largest absolute Gasteiger partial charge is 0.462 e. The Labute approximate surface area is 181 Å². The smallest absolute Gasteiger partial charge is 0.348 e. The Morgan fingerprint density at radius 1 is 1.10 bits per heavy atom. The van der Waals surface area contributed by atoms with Gasteiger partial charge in [0.05, 0.1) is 24.5 Å². The van der Waals surface area contributed by atoms with E-state index < -0.39 is 17.8 Å². The maximum absolute atomic E-state index is 13.1. The van der Waals surface area contributed by atoms with Crippen LogP contribution in [-0.4, -0.2) is 41.3 Å². The van der Waals surface area contributed by atoms with E-state index in [1.807, 2.05) is 0 Å². The topological polar surface area (TPSA) is 110 Å². The van der Waals surface area contributed by atoms with Crippen LogP contribution in [0.2, 0.25) is 0 Å². The number of ether oxygens (including phenoxy) is 2. The Bertz CT molecular complexity index is 1120. The average Bonchev–Trinajstić information content (AvgIpc) is 3.34. The molecule has 0 bridgehead atoms. The molecular formula is C21H20FN3O5S.